The van der Waals surface area contributed by atoms with Crippen molar-refractivity contribution in [2.45, 2.75) is 17.2 Å². The number of hydroxylamine groups is 2. The predicted octanol–water partition coefficient (Wildman–Crippen LogP) is 2.91. The van der Waals surface area contributed by atoms with Crippen LogP contribution in [0.3, 0.4) is 0 Å². The molecule has 5 nitrogen and oxygen atoms in total. The largest absolute Gasteiger partial charge is 0.275 e. The molecule has 0 aliphatic rings. The third-order valence-electron chi connectivity index (χ3n) is 4.00. The van der Waals surface area contributed by atoms with Crippen molar-refractivity contribution in [3.8, 4) is 0 Å². The summed E-state index contributed by atoms with van der Waals surface area (Å²) in [5.41, 5.74) is 0.827. The molecule has 0 spiro atoms. The number of rotatable bonds is 6. The van der Waals surface area contributed by atoms with Crippen molar-refractivity contribution in [2.75, 3.05) is 20.4 Å². The molecule has 0 fully saturated rings. The van der Waals surface area contributed by atoms with Gasteiger partial charge in [0.2, 0.25) is 5.91 Å². The van der Waals surface area contributed by atoms with Crippen molar-refractivity contribution in [1.29, 1.82) is 0 Å². The zero-order valence-electron chi connectivity index (χ0n) is 14.6. The highest BCUT2D eigenvalue weighted by molar-refractivity contribution is 7.90. The number of amides is 1. The Hall–Kier alpha value is -2.32. The Morgan fingerprint density at radius 2 is 1.62 bits per heavy atom. The van der Waals surface area contributed by atoms with E-state index >= 15 is 0 Å². The molecule has 8 heteroatoms. The van der Waals surface area contributed by atoms with Crippen LogP contribution in [0.4, 0.5) is 8.78 Å². The van der Waals surface area contributed by atoms with Crippen LogP contribution < -0.4 is 0 Å². The molecule has 0 unspecified atom stereocenters. The summed E-state index contributed by atoms with van der Waals surface area (Å²) in [6.07, 6.45) is 0.976. The molecular weight excluding hydrogens is 364 g/mol. The van der Waals surface area contributed by atoms with Gasteiger partial charge in [-0.1, -0.05) is 12.1 Å². The topological polar surface area (TPSA) is 63.7 Å². The summed E-state index contributed by atoms with van der Waals surface area (Å²) in [7, 11) is -0.621. The van der Waals surface area contributed by atoms with Gasteiger partial charge in [-0.05, 0) is 35.4 Å². The maximum absolute atomic E-state index is 13.6. The standard InChI is InChI=1S/C18H19F2NO4S/c1-21(25-2)18(22)11-17(13-8-14(19)10-15(20)9-13)12-4-6-16(7-5-12)26(3,23)24/h4-10,17H,11H2,1-3H3/t17-/m1/s1. The van der Waals surface area contributed by atoms with Crippen molar-refractivity contribution in [2.24, 2.45) is 0 Å². The third-order valence-corrected chi connectivity index (χ3v) is 5.13. The second kappa shape index (κ2) is 7.92. The average Bonchev–Trinajstić information content (AvgIpc) is 2.57. The van der Waals surface area contributed by atoms with Gasteiger partial charge >= 0.3 is 0 Å². The summed E-state index contributed by atoms with van der Waals surface area (Å²) < 4.78 is 50.5. The Morgan fingerprint density at radius 1 is 1.08 bits per heavy atom. The van der Waals surface area contributed by atoms with E-state index in [1.165, 1.54) is 38.4 Å². The molecule has 2 aromatic carbocycles. The summed E-state index contributed by atoms with van der Waals surface area (Å²) in [6.45, 7) is 0. The van der Waals surface area contributed by atoms with Crippen LogP contribution in [0.5, 0.6) is 0 Å². The quantitative estimate of drug-likeness (QED) is 0.720. The van der Waals surface area contributed by atoms with Gasteiger partial charge in [-0.3, -0.25) is 9.63 Å². The molecule has 0 aromatic heterocycles. The minimum Gasteiger partial charge on any atom is -0.275 e. The van der Waals surface area contributed by atoms with Gasteiger partial charge in [0.25, 0.3) is 0 Å². The van der Waals surface area contributed by atoms with Crippen LogP contribution in [0.15, 0.2) is 47.4 Å². The number of nitrogens with zero attached hydrogens (tertiary/aromatic N) is 1. The lowest BCUT2D eigenvalue weighted by Gasteiger charge is -2.21. The number of hydrogen-bond donors (Lipinski definition) is 0. The van der Waals surface area contributed by atoms with E-state index < -0.39 is 33.3 Å². The number of halogens is 2. The van der Waals surface area contributed by atoms with Gasteiger partial charge in [0, 0.05) is 31.7 Å². The van der Waals surface area contributed by atoms with E-state index in [0.717, 1.165) is 29.5 Å². The van der Waals surface area contributed by atoms with Gasteiger partial charge in [-0.25, -0.2) is 22.3 Å². The maximum Gasteiger partial charge on any atom is 0.246 e. The molecule has 2 aromatic rings. The van der Waals surface area contributed by atoms with E-state index in [1.807, 2.05) is 0 Å². The molecule has 0 saturated heterocycles. The van der Waals surface area contributed by atoms with Crippen LogP contribution in [0.1, 0.15) is 23.5 Å². The Morgan fingerprint density at radius 3 is 2.08 bits per heavy atom. The lowest BCUT2D eigenvalue weighted by molar-refractivity contribution is -0.168. The zero-order valence-corrected chi connectivity index (χ0v) is 15.4. The summed E-state index contributed by atoms with van der Waals surface area (Å²) in [5, 5.41) is 1.02. The molecule has 0 saturated carbocycles. The van der Waals surface area contributed by atoms with Crippen molar-refractivity contribution in [3.63, 3.8) is 0 Å². The smallest absolute Gasteiger partial charge is 0.246 e. The maximum atomic E-state index is 13.6. The minimum atomic E-state index is -3.38. The van der Waals surface area contributed by atoms with Gasteiger partial charge in [0.05, 0.1) is 12.0 Å². The molecular formula is C18H19F2NO4S. The van der Waals surface area contributed by atoms with Crippen molar-refractivity contribution in [3.05, 3.63) is 65.2 Å². The summed E-state index contributed by atoms with van der Waals surface area (Å²) >= 11 is 0. The van der Waals surface area contributed by atoms with Crippen molar-refractivity contribution < 1.29 is 26.8 Å². The van der Waals surface area contributed by atoms with E-state index in [1.54, 1.807) is 0 Å². The monoisotopic (exact) mass is 383 g/mol. The molecule has 1 amide bonds. The van der Waals surface area contributed by atoms with Crippen LogP contribution in [0.25, 0.3) is 0 Å². The lowest BCUT2D eigenvalue weighted by atomic mass is 9.88. The normalized spacial score (nSPS) is 12.7. The second-order valence-corrected chi connectivity index (χ2v) is 7.89. The molecule has 26 heavy (non-hydrogen) atoms. The van der Waals surface area contributed by atoms with Crippen LogP contribution in [0.2, 0.25) is 0 Å². The van der Waals surface area contributed by atoms with E-state index in [-0.39, 0.29) is 16.9 Å². The van der Waals surface area contributed by atoms with Gasteiger partial charge in [0.15, 0.2) is 9.84 Å². The molecule has 2 rings (SSSR count). The Kier molecular flexibility index (Phi) is 6.09. The molecule has 140 valence electrons. The highest BCUT2D eigenvalue weighted by Crippen LogP contribution is 2.30. The van der Waals surface area contributed by atoms with E-state index in [2.05, 4.69) is 0 Å². The first-order valence-electron chi connectivity index (χ1n) is 7.68. The van der Waals surface area contributed by atoms with Crippen LogP contribution >= 0.6 is 0 Å². The van der Waals surface area contributed by atoms with E-state index in [4.69, 9.17) is 4.84 Å². The molecule has 0 heterocycles. The molecule has 0 aliphatic carbocycles. The zero-order chi connectivity index (χ0) is 19.5. The first kappa shape index (κ1) is 20.0. The first-order valence-corrected chi connectivity index (χ1v) is 9.57. The Labute approximate surface area is 151 Å². The third kappa shape index (κ3) is 4.86. The molecule has 1 atom stereocenters. The highest BCUT2D eigenvalue weighted by atomic mass is 32.2. The minimum absolute atomic E-state index is 0.106. The molecule has 0 bridgehead atoms. The van der Waals surface area contributed by atoms with Gasteiger partial charge in [-0.15, -0.1) is 0 Å². The fourth-order valence-electron chi connectivity index (χ4n) is 2.56. The van der Waals surface area contributed by atoms with Gasteiger partial charge < -0.3 is 0 Å². The lowest BCUT2D eigenvalue weighted by Crippen LogP contribution is -2.27. The van der Waals surface area contributed by atoms with Crippen LogP contribution in [-0.4, -0.2) is 39.8 Å². The number of carbonyl (C=O) groups excluding carboxylic acids is 1. The SMILES string of the molecule is CON(C)C(=O)C[C@H](c1ccc(S(C)(=O)=O)cc1)c1cc(F)cc(F)c1. The van der Waals surface area contributed by atoms with Crippen molar-refractivity contribution in [1.82, 2.24) is 5.06 Å². The van der Waals surface area contributed by atoms with E-state index in [9.17, 15) is 22.0 Å². The highest BCUT2D eigenvalue weighted by Gasteiger charge is 2.22. The second-order valence-electron chi connectivity index (χ2n) is 5.87. The van der Waals surface area contributed by atoms with Gasteiger partial charge in [0.1, 0.15) is 11.6 Å². The number of sulfone groups is 1. The molecule has 0 N–H and O–H groups in total. The van der Waals surface area contributed by atoms with Crippen LogP contribution in [-0.2, 0) is 19.5 Å². The summed E-state index contributed by atoms with van der Waals surface area (Å²) in [5.74, 6) is -2.58. The summed E-state index contributed by atoms with van der Waals surface area (Å²) in [6, 6.07) is 8.91. The average molecular weight is 383 g/mol. The predicted molar refractivity (Wildman–Crippen MR) is 92.1 cm³/mol. The van der Waals surface area contributed by atoms with Crippen molar-refractivity contribution >= 4 is 15.7 Å². The fourth-order valence-corrected chi connectivity index (χ4v) is 3.19. The Balaban J connectivity index is 2.47. The van der Waals surface area contributed by atoms with Gasteiger partial charge in [-0.2, -0.15) is 0 Å². The van der Waals surface area contributed by atoms with Crippen LogP contribution in [0, 0.1) is 11.6 Å². The fraction of sp³-hybridized carbons (Fsp3) is 0.278. The van der Waals surface area contributed by atoms with E-state index in [0.29, 0.717) is 5.56 Å². The summed E-state index contributed by atoms with van der Waals surface area (Å²) in [4.78, 5) is 17.2. The number of hydrogen-bond acceptors (Lipinski definition) is 4. The Bertz CT molecular complexity index is 878. The molecule has 0 radical (unpaired) electrons. The molecule has 0 aliphatic heterocycles. The number of carbonyl (C=O) groups is 1. The first-order chi connectivity index (χ1) is 12.1. The number of benzene rings is 2.